The molecule has 5 N–H and O–H groups in total. The van der Waals surface area contributed by atoms with Crippen molar-refractivity contribution in [3.05, 3.63) is 38.5 Å². The number of nitrogens with two attached hydrogens (primary N) is 1. The van der Waals surface area contributed by atoms with E-state index < -0.39 is 11.2 Å². The van der Waals surface area contributed by atoms with Crippen molar-refractivity contribution in [2.75, 3.05) is 6.54 Å². The quantitative estimate of drug-likeness (QED) is 0.404. The summed E-state index contributed by atoms with van der Waals surface area (Å²) in [6.45, 7) is 2.89. The Morgan fingerprint density at radius 3 is 2.82 bits per heavy atom. The lowest BCUT2D eigenvalue weighted by Crippen LogP contribution is -2.82. The van der Waals surface area contributed by atoms with Crippen LogP contribution in [0.1, 0.15) is 31.9 Å². The number of nitrogens with one attached hydrogen (secondary N) is 2. The van der Waals surface area contributed by atoms with Crippen molar-refractivity contribution in [1.29, 1.82) is 0 Å². The molecule has 0 fully saturated rings. The predicted molar refractivity (Wildman–Crippen MR) is 64.6 cm³/mol. The van der Waals surface area contributed by atoms with Crippen LogP contribution in [0.4, 0.5) is 0 Å². The van der Waals surface area contributed by atoms with Gasteiger partial charge in [0.15, 0.2) is 0 Å². The van der Waals surface area contributed by atoms with Crippen molar-refractivity contribution in [2.45, 2.75) is 26.2 Å². The molecule has 0 aromatic carbocycles. The molecule has 17 heavy (non-hydrogen) atoms. The van der Waals surface area contributed by atoms with Gasteiger partial charge in [-0.15, -0.1) is 0 Å². The molecular formula is C11H18N3O3+. The van der Waals surface area contributed by atoms with Crippen LogP contribution in [0.2, 0.25) is 0 Å². The van der Waals surface area contributed by atoms with E-state index in [0.29, 0.717) is 5.69 Å². The summed E-state index contributed by atoms with van der Waals surface area (Å²) >= 11 is 0. The van der Waals surface area contributed by atoms with Gasteiger partial charge in [0.1, 0.15) is 0 Å². The summed E-state index contributed by atoms with van der Waals surface area (Å²) in [6.07, 6.45) is 4.62. The van der Waals surface area contributed by atoms with Crippen LogP contribution in [-0.2, 0) is 0 Å². The fourth-order valence-corrected chi connectivity index (χ4v) is 1.43. The number of aromatic nitrogens is 2. The Kier molecular flexibility index (Phi) is 5.22. The van der Waals surface area contributed by atoms with Crippen LogP contribution < -0.4 is 16.6 Å². The molecular weight excluding hydrogens is 222 g/mol. The highest BCUT2D eigenvalue weighted by atomic mass is 16.3. The number of aromatic amines is 2. The standard InChI is InChI=1S/C11H17N3O3/c1-2-3-4-5-12-9(15)6-8-7-10(16)14-11(17)13-8/h6-7,12,15H,2-5H2,1H3,(H2,13,14,16,17)/p+1/b9-6-. The van der Waals surface area contributed by atoms with Crippen molar-refractivity contribution in [3.63, 3.8) is 0 Å². The third-order valence-electron chi connectivity index (χ3n) is 2.25. The summed E-state index contributed by atoms with van der Waals surface area (Å²) in [7, 11) is 0. The van der Waals surface area contributed by atoms with E-state index in [4.69, 9.17) is 0 Å². The van der Waals surface area contributed by atoms with Gasteiger partial charge in [-0.3, -0.25) is 15.1 Å². The fraction of sp³-hybridized carbons (Fsp3) is 0.455. The Morgan fingerprint density at radius 2 is 2.18 bits per heavy atom. The second-order valence-electron chi connectivity index (χ2n) is 3.81. The maximum absolute atomic E-state index is 11.0. The SMILES string of the molecule is CCCCC[NH2+]/C(O)=C/c1cc(=O)[nH]c(=O)[nH]1. The number of aliphatic hydroxyl groups excluding tert-OH is 1. The smallest absolute Gasteiger partial charge is 0.326 e. The number of quaternary nitrogens is 1. The summed E-state index contributed by atoms with van der Waals surface area (Å²) in [6, 6.07) is 1.22. The van der Waals surface area contributed by atoms with Gasteiger partial charge >= 0.3 is 5.69 Å². The number of hydrogen-bond acceptors (Lipinski definition) is 3. The monoisotopic (exact) mass is 240 g/mol. The van der Waals surface area contributed by atoms with Gasteiger partial charge in [-0.1, -0.05) is 13.3 Å². The largest absolute Gasteiger partial charge is 0.467 e. The lowest BCUT2D eigenvalue weighted by Gasteiger charge is -1.98. The maximum Gasteiger partial charge on any atom is 0.326 e. The zero-order valence-electron chi connectivity index (χ0n) is 9.82. The van der Waals surface area contributed by atoms with Crippen LogP contribution in [0.15, 0.2) is 21.5 Å². The lowest BCUT2D eigenvalue weighted by molar-refractivity contribution is -0.629. The Hall–Kier alpha value is -1.82. The van der Waals surface area contributed by atoms with Gasteiger partial charge in [-0.2, -0.15) is 0 Å². The highest BCUT2D eigenvalue weighted by molar-refractivity contribution is 5.43. The van der Waals surface area contributed by atoms with Crippen molar-refractivity contribution >= 4 is 6.08 Å². The first-order valence-corrected chi connectivity index (χ1v) is 5.69. The first kappa shape index (κ1) is 13.2. The maximum atomic E-state index is 11.0. The third kappa shape index (κ3) is 5.17. The van der Waals surface area contributed by atoms with Gasteiger partial charge in [0.25, 0.3) is 11.4 Å². The molecule has 1 aromatic rings. The van der Waals surface area contributed by atoms with E-state index in [1.807, 2.05) is 0 Å². The molecule has 0 spiro atoms. The van der Waals surface area contributed by atoms with Gasteiger partial charge < -0.3 is 10.1 Å². The number of rotatable bonds is 6. The molecule has 6 heteroatoms. The number of aliphatic hydroxyl groups is 1. The molecule has 6 nitrogen and oxygen atoms in total. The summed E-state index contributed by atoms with van der Waals surface area (Å²) < 4.78 is 0. The molecule has 1 rings (SSSR count). The van der Waals surface area contributed by atoms with Crippen molar-refractivity contribution in [3.8, 4) is 0 Å². The Morgan fingerprint density at radius 1 is 1.41 bits per heavy atom. The zero-order chi connectivity index (χ0) is 12.7. The minimum absolute atomic E-state index is 0.0577. The second-order valence-corrected chi connectivity index (χ2v) is 3.81. The van der Waals surface area contributed by atoms with Gasteiger partial charge in [0.05, 0.1) is 18.3 Å². The molecule has 0 unspecified atom stereocenters. The molecule has 0 aliphatic heterocycles. The van der Waals surface area contributed by atoms with E-state index in [1.165, 1.54) is 12.1 Å². The molecule has 0 saturated heterocycles. The van der Waals surface area contributed by atoms with E-state index in [0.717, 1.165) is 25.8 Å². The number of unbranched alkanes of at least 4 members (excludes halogenated alkanes) is 2. The molecule has 1 aromatic heterocycles. The van der Waals surface area contributed by atoms with E-state index in [2.05, 4.69) is 16.9 Å². The van der Waals surface area contributed by atoms with Gasteiger partial charge in [0.2, 0.25) is 0 Å². The average molecular weight is 240 g/mol. The average Bonchev–Trinajstić information content (AvgIpc) is 2.23. The first-order chi connectivity index (χ1) is 8.11. The summed E-state index contributed by atoms with van der Waals surface area (Å²) in [4.78, 5) is 26.4. The Balaban J connectivity index is 2.61. The van der Waals surface area contributed by atoms with Crippen molar-refractivity contribution < 1.29 is 10.4 Å². The molecule has 94 valence electrons. The topological polar surface area (TPSA) is 103 Å². The highest BCUT2D eigenvalue weighted by Crippen LogP contribution is 1.92. The Labute approximate surface area is 98.4 Å². The van der Waals surface area contributed by atoms with Gasteiger partial charge in [0, 0.05) is 6.07 Å². The van der Waals surface area contributed by atoms with E-state index in [-0.39, 0.29) is 5.88 Å². The molecule has 0 atom stereocenters. The van der Waals surface area contributed by atoms with Crippen LogP contribution in [0.25, 0.3) is 6.08 Å². The highest BCUT2D eigenvalue weighted by Gasteiger charge is 2.00. The molecule has 0 bridgehead atoms. The number of H-pyrrole nitrogens is 2. The molecule has 0 aliphatic rings. The van der Waals surface area contributed by atoms with Crippen LogP contribution in [0.5, 0.6) is 0 Å². The van der Waals surface area contributed by atoms with Crippen LogP contribution in [-0.4, -0.2) is 21.6 Å². The van der Waals surface area contributed by atoms with E-state index >= 15 is 0 Å². The van der Waals surface area contributed by atoms with Crippen LogP contribution in [0.3, 0.4) is 0 Å². The zero-order valence-corrected chi connectivity index (χ0v) is 9.82. The Bertz CT molecular complexity index is 459. The molecule has 0 saturated carbocycles. The van der Waals surface area contributed by atoms with Crippen molar-refractivity contribution in [2.24, 2.45) is 0 Å². The molecule has 0 amide bonds. The van der Waals surface area contributed by atoms with E-state index in [9.17, 15) is 14.7 Å². The summed E-state index contributed by atoms with van der Waals surface area (Å²) in [5.74, 6) is 0.0577. The molecule has 0 aliphatic carbocycles. The summed E-state index contributed by atoms with van der Waals surface area (Å²) in [5, 5.41) is 11.2. The van der Waals surface area contributed by atoms with E-state index in [1.54, 1.807) is 5.32 Å². The predicted octanol–water partition coefficient (Wildman–Crippen LogP) is -0.327. The summed E-state index contributed by atoms with van der Waals surface area (Å²) in [5.41, 5.74) is -0.774. The van der Waals surface area contributed by atoms with Crippen LogP contribution in [0, 0.1) is 0 Å². The minimum atomic E-state index is -0.581. The number of hydrogen-bond donors (Lipinski definition) is 4. The third-order valence-corrected chi connectivity index (χ3v) is 2.25. The van der Waals surface area contributed by atoms with Crippen LogP contribution >= 0.6 is 0 Å². The fourth-order valence-electron chi connectivity index (χ4n) is 1.43. The molecule has 1 heterocycles. The lowest BCUT2D eigenvalue weighted by atomic mass is 10.2. The van der Waals surface area contributed by atoms with Gasteiger partial charge in [-0.05, 0) is 12.8 Å². The van der Waals surface area contributed by atoms with Gasteiger partial charge in [-0.25, -0.2) is 4.79 Å². The second kappa shape index (κ2) is 6.70. The first-order valence-electron chi connectivity index (χ1n) is 5.69. The minimum Gasteiger partial charge on any atom is -0.467 e. The molecule has 0 radical (unpaired) electrons. The van der Waals surface area contributed by atoms with Crippen molar-refractivity contribution in [1.82, 2.24) is 9.97 Å². The normalized spacial score (nSPS) is 11.7.